The highest BCUT2D eigenvalue weighted by atomic mass is 16.5. The Kier molecular flexibility index (Phi) is 7.76. The van der Waals surface area contributed by atoms with Crippen molar-refractivity contribution in [1.82, 2.24) is 20.9 Å². The summed E-state index contributed by atoms with van der Waals surface area (Å²) in [6, 6.07) is 12.2. The van der Waals surface area contributed by atoms with Crippen LogP contribution >= 0.6 is 0 Å². The molecule has 0 radical (unpaired) electrons. The molecule has 0 saturated heterocycles. The van der Waals surface area contributed by atoms with Gasteiger partial charge >= 0.3 is 6.03 Å². The molecule has 1 heterocycles. The van der Waals surface area contributed by atoms with Gasteiger partial charge in [-0.25, -0.2) is 4.79 Å². The van der Waals surface area contributed by atoms with Crippen molar-refractivity contribution in [2.75, 3.05) is 6.54 Å². The zero-order valence-electron chi connectivity index (χ0n) is 15.9. The molecule has 2 unspecified atom stereocenters. The molecule has 0 spiro atoms. The first-order valence-corrected chi connectivity index (χ1v) is 8.97. The van der Waals surface area contributed by atoms with Crippen LogP contribution in [-0.4, -0.2) is 29.5 Å². The van der Waals surface area contributed by atoms with E-state index in [4.69, 9.17) is 4.74 Å². The fraction of sp³-hybridized carbons (Fsp3) is 0.350. The van der Waals surface area contributed by atoms with E-state index in [1.165, 1.54) is 0 Å². The van der Waals surface area contributed by atoms with Crippen molar-refractivity contribution >= 4 is 11.9 Å². The Morgan fingerprint density at radius 2 is 1.96 bits per heavy atom. The van der Waals surface area contributed by atoms with Crippen LogP contribution in [0.1, 0.15) is 38.1 Å². The Morgan fingerprint density at radius 3 is 2.67 bits per heavy atom. The van der Waals surface area contributed by atoms with Gasteiger partial charge in [-0.1, -0.05) is 18.2 Å². The lowest BCUT2D eigenvalue weighted by Crippen LogP contribution is -2.48. The van der Waals surface area contributed by atoms with Gasteiger partial charge in [-0.3, -0.25) is 20.4 Å². The number of hydrogen-bond donors (Lipinski definition) is 3. The number of hydrogen-bond acceptors (Lipinski definition) is 5. The molecule has 3 N–H and O–H groups in total. The molecular formula is C20H26N4O3. The summed E-state index contributed by atoms with van der Waals surface area (Å²) in [6.45, 7) is 6.30. The fourth-order valence-corrected chi connectivity index (χ4v) is 2.49. The number of aromatic nitrogens is 1. The maximum Gasteiger partial charge on any atom is 0.321 e. The summed E-state index contributed by atoms with van der Waals surface area (Å²) in [6.07, 6.45) is 1.73. The first-order chi connectivity index (χ1) is 13.0. The lowest BCUT2D eigenvalue weighted by atomic mass is 10.1. The first kappa shape index (κ1) is 20.4. The van der Waals surface area contributed by atoms with E-state index in [0.717, 1.165) is 17.0 Å². The zero-order chi connectivity index (χ0) is 19.6. The maximum atomic E-state index is 12.1. The first-order valence-electron chi connectivity index (χ1n) is 8.97. The van der Waals surface area contributed by atoms with Gasteiger partial charge in [0.05, 0.1) is 11.7 Å². The van der Waals surface area contributed by atoms with Gasteiger partial charge in [-0.15, -0.1) is 0 Å². The highest BCUT2D eigenvalue weighted by molar-refractivity contribution is 5.96. The second kappa shape index (κ2) is 10.3. The molecule has 2 atom stereocenters. The van der Waals surface area contributed by atoms with Crippen molar-refractivity contribution in [1.29, 1.82) is 0 Å². The molecule has 7 heteroatoms. The molecular weight excluding hydrogens is 344 g/mol. The molecule has 2 aromatic rings. The summed E-state index contributed by atoms with van der Waals surface area (Å²) in [4.78, 5) is 27.7. The minimum absolute atomic E-state index is 0.0987. The smallest absolute Gasteiger partial charge is 0.321 e. The van der Waals surface area contributed by atoms with Crippen molar-refractivity contribution in [2.24, 2.45) is 0 Å². The van der Waals surface area contributed by atoms with Gasteiger partial charge in [0.25, 0.3) is 0 Å². The normalized spacial score (nSPS) is 12.7. The molecule has 0 aliphatic heterocycles. The summed E-state index contributed by atoms with van der Waals surface area (Å²) in [5.41, 5.74) is 1.83. The van der Waals surface area contributed by atoms with Crippen LogP contribution in [0, 0.1) is 0 Å². The summed E-state index contributed by atoms with van der Waals surface area (Å²) in [5.74, 6) is 0.349. The van der Waals surface area contributed by atoms with Crippen molar-refractivity contribution in [3.8, 4) is 5.75 Å². The monoisotopic (exact) mass is 370 g/mol. The second-order valence-corrected chi connectivity index (χ2v) is 6.14. The van der Waals surface area contributed by atoms with E-state index in [-0.39, 0.29) is 11.9 Å². The quantitative estimate of drug-likeness (QED) is 0.664. The molecule has 144 valence electrons. The van der Waals surface area contributed by atoms with Crippen LogP contribution in [0.3, 0.4) is 0 Å². The van der Waals surface area contributed by atoms with Gasteiger partial charge in [0.2, 0.25) is 5.91 Å². The van der Waals surface area contributed by atoms with E-state index >= 15 is 0 Å². The van der Waals surface area contributed by atoms with Crippen molar-refractivity contribution < 1.29 is 14.3 Å². The third kappa shape index (κ3) is 6.71. The molecule has 7 nitrogen and oxygen atoms in total. The summed E-state index contributed by atoms with van der Waals surface area (Å²) >= 11 is 0. The molecule has 3 amide bonds. The molecule has 2 rings (SSSR count). The van der Waals surface area contributed by atoms with Crippen LogP contribution in [0.15, 0.2) is 48.7 Å². The Morgan fingerprint density at radius 1 is 1.15 bits per heavy atom. The molecule has 0 aliphatic rings. The summed E-state index contributed by atoms with van der Waals surface area (Å²) < 4.78 is 5.79. The highest BCUT2D eigenvalue weighted by Gasteiger charge is 2.18. The van der Waals surface area contributed by atoms with E-state index < -0.39 is 12.1 Å². The second-order valence-electron chi connectivity index (χ2n) is 6.14. The van der Waals surface area contributed by atoms with Crippen LogP contribution in [0.25, 0.3) is 0 Å². The fourth-order valence-electron chi connectivity index (χ4n) is 2.49. The number of nitrogens with one attached hydrogen (secondary N) is 3. The predicted octanol–water partition coefficient (Wildman–Crippen LogP) is 2.55. The Hall–Kier alpha value is -2.93. The number of amides is 3. The number of pyridine rings is 1. The topological polar surface area (TPSA) is 92.4 Å². The van der Waals surface area contributed by atoms with E-state index in [1.54, 1.807) is 20.0 Å². The molecule has 1 aromatic heterocycles. The molecule has 0 bridgehead atoms. The van der Waals surface area contributed by atoms with E-state index in [9.17, 15) is 9.59 Å². The number of ether oxygens (including phenoxy) is 1. The van der Waals surface area contributed by atoms with E-state index in [1.807, 2.05) is 49.4 Å². The maximum absolute atomic E-state index is 12.1. The van der Waals surface area contributed by atoms with Gasteiger partial charge in [-0.2, -0.15) is 0 Å². The van der Waals surface area contributed by atoms with Gasteiger partial charge in [-0.05, 0) is 50.6 Å². The van der Waals surface area contributed by atoms with E-state index in [0.29, 0.717) is 13.2 Å². The third-order valence-corrected chi connectivity index (χ3v) is 3.94. The predicted molar refractivity (Wildman–Crippen MR) is 103 cm³/mol. The number of nitrogens with zero attached hydrogens (tertiary/aromatic N) is 1. The number of benzene rings is 1. The van der Waals surface area contributed by atoms with Crippen LogP contribution in [0.5, 0.6) is 5.75 Å². The minimum Gasteiger partial charge on any atom is -0.487 e. The van der Waals surface area contributed by atoms with Gasteiger partial charge < -0.3 is 10.1 Å². The lowest BCUT2D eigenvalue weighted by molar-refractivity contribution is -0.121. The molecule has 0 saturated carbocycles. The molecule has 27 heavy (non-hydrogen) atoms. The molecule has 0 aliphatic carbocycles. The van der Waals surface area contributed by atoms with E-state index in [2.05, 4.69) is 20.9 Å². The largest absolute Gasteiger partial charge is 0.487 e. The Balaban J connectivity index is 1.91. The Bertz CT molecular complexity index is 752. The third-order valence-electron chi connectivity index (χ3n) is 3.94. The van der Waals surface area contributed by atoms with Crippen LogP contribution in [0.4, 0.5) is 4.79 Å². The number of rotatable bonds is 8. The van der Waals surface area contributed by atoms with Crippen molar-refractivity contribution in [3.63, 3.8) is 0 Å². The summed E-state index contributed by atoms with van der Waals surface area (Å²) in [7, 11) is 0. The number of carbonyl (C=O) groups is 2. The average Bonchev–Trinajstić information content (AvgIpc) is 2.67. The summed E-state index contributed by atoms with van der Waals surface area (Å²) in [5, 5.41) is 8.02. The molecule has 0 fully saturated rings. The minimum atomic E-state index is -0.527. The lowest BCUT2D eigenvalue weighted by Gasteiger charge is -2.20. The number of urea groups is 1. The zero-order valence-corrected chi connectivity index (χ0v) is 15.9. The van der Waals surface area contributed by atoms with Crippen LogP contribution < -0.4 is 20.7 Å². The van der Waals surface area contributed by atoms with Crippen molar-refractivity contribution in [3.05, 3.63) is 59.9 Å². The van der Waals surface area contributed by atoms with Crippen LogP contribution in [0.2, 0.25) is 0 Å². The Labute approximate surface area is 159 Å². The van der Waals surface area contributed by atoms with Gasteiger partial charge in [0.15, 0.2) is 0 Å². The van der Waals surface area contributed by atoms with Gasteiger partial charge in [0, 0.05) is 18.8 Å². The SMILES string of the molecule is CCNC(=O)NC(=O)C(C)NC(C)c1cccc(OCc2ccccn2)c1. The van der Waals surface area contributed by atoms with Crippen LogP contribution in [-0.2, 0) is 11.4 Å². The van der Waals surface area contributed by atoms with Gasteiger partial charge in [0.1, 0.15) is 12.4 Å². The average molecular weight is 370 g/mol. The van der Waals surface area contributed by atoms with Crippen molar-refractivity contribution in [2.45, 2.75) is 39.5 Å². The number of imide groups is 1. The number of carbonyl (C=O) groups excluding carboxylic acids is 2. The molecule has 1 aromatic carbocycles. The standard InChI is InChI=1S/C20H26N4O3/c1-4-21-20(26)24-19(25)15(3)23-14(2)16-8-7-10-18(12-16)27-13-17-9-5-6-11-22-17/h5-12,14-15,23H,4,13H2,1-3H3,(H2,21,24,25,26). The highest BCUT2D eigenvalue weighted by Crippen LogP contribution is 2.20.